The van der Waals surface area contributed by atoms with Crippen molar-refractivity contribution in [3.63, 3.8) is 0 Å². The van der Waals surface area contributed by atoms with Crippen molar-refractivity contribution in [3.05, 3.63) is 86.3 Å². The van der Waals surface area contributed by atoms with Crippen LogP contribution in [0, 0.1) is 20.8 Å². The summed E-state index contributed by atoms with van der Waals surface area (Å²) >= 11 is 1.15. The van der Waals surface area contributed by atoms with Crippen LogP contribution < -0.4 is 10.4 Å². The van der Waals surface area contributed by atoms with Crippen molar-refractivity contribution in [1.82, 2.24) is 14.7 Å². The van der Waals surface area contributed by atoms with Crippen LogP contribution >= 0.6 is 11.3 Å². The van der Waals surface area contributed by atoms with Crippen LogP contribution in [0.4, 0.5) is 5.82 Å². The molecule has 5 rings (SSSR count). The summed E-state index contributed by atoms with van der Waals surface area (Å²) in [5, 5.41) is 13.4. The Kier molecular flexibility index (Phi) is 6.00. The van der Waals surface area contributed by atoms with Gasteiger partial charge in [-0.1, -0.05) is 35.5 Å². The number of nitrogens with zero attached hydrogens (tertiary/aromatic N) is 2. The van der Waals surface area contributed by atoms with E-state index in [1.807, 2.05) is 6.92 Å². The maximum atomic E-state index is 13.2. The van der Waals surface area contributed by atoms with Gasteiger partial charge in [0.05, 0.1) is 23.1 Å². The number of benzene rings is 2. The molecule has 0 atom stereocenters. The molecular weight excluding hydrogens is 516 g/mol. The van der Waals surface area contributed by atoms with Crippen LogP contribution in [-0.2, 0) is 16.6 Å². The normalized spacial score (nSPS) is 11.8. The Hall–Kier alpha value is -4.16. The van der Waals surface area contributed by atoms with E-state index >= 15 is 0 Å². The topological polar surface area (TPSA) is 147 Å². The zero-order valence-corrected chi connectivity index (χ0v) is 21.7. The van der Waals surface area contributed by atoms with E-state index in [0.717, 1.165) is 21.8 Å². The Bertz CT molecular complexity index is 1830. The van der Waals surface area contributed by atoms with E-state index in [1.165, 1.54) is 10.6 Å². The van der Waals surface area contributed by atoms with Crippen molar-refractivity contribution in [1.29, 1.82) is 0 Å². The van der Waals surface area contributed by atoms with Crippen LogP contribution in [0.5, 0.6) is 0 Å². The number of sulfonamides is 1. The van der Waals surface area contributed by atoms with Crippen LogP contribution in [0.25, 0.3) is 22.2 Å². The summed E-state index contributed by atoms with van der Waals surface area (Å²) in [4.78, 5) is 27.8. The minimum atomic E-state index is -3.93. The highest BCUT2D eigenvalue weighted by Crippen LogP contribution is 2.36. The molecule has 5 aromatic rings. The van der Waals surface area contributed by atoms with E-state index in [-0.39, 0.29) is 22.1 Å². The molecule has 3 aromatic heterocycles. The number of carbonyl (C=O) groups is 1. The van der Waals surface area contributed by atoms with Gasteiger partial charge >= 0.3 is 11.7 Å². The van der Waals surface area contributed by atoms with Gasteiger partial charge in [-0.15, -0.1) is 11.3 Å². The highest BCUT2D eigenvalue weighted by Gasteiger charge is 2.25. The van der Waals surface area contributed by atoms with E-state index in [2.05, 4.69) is 14.9 Å². The number of hydrogen-bond acceptors (Lipinski definition) is 7. The molecule has 12 heteroatoms. The predicted molar refractivity (Wildman–Crippen MR) is 140 cm³/mol. The summed E-state index contributed by atoms with van der Waals surface area (Å²) in [6.45, 7) is 5.40. The first kappa shape index (κ1) is 24.5. The molecule has 0 radical (unpaired) electrons. The van der Waals surface area contributed by atoms with Crippen LogP contribution in [0.15, 0.2) is 62.1 Å². The van der Waals surface area contributed by atoms with Crippen molar-refractivity contribution < 1.29 is 22.8 Å². The molecule has 0 amide bonds. The third-order valence-corrected chi connectivity index (χ3v) is 9.01. The minimum Gasteiger partial charge on any atom is -0.478 e. The van der Waals surface area contributed by atoms with Gasteiger partial charge in [0.25, 0.3) is 10.0 Å². The Morgan fingerprint density at radius 2 is 1.89 bits per heavy atom. The highest BCUT2D eigenvalue weighted by molar-refractivity contribution is 7.94. The number of H-pyrrole nitrogens is 1. The lowest BCUT2D eigenvalue weighted by Gasteiger charge is -2.09. The number of aromatic nitrogens is 3. The average Bonchev–Trinajstić information content (AvgIpc) is 3.50. The van der Waals surface area contributed by atoms with Gasteiger partial charge in [0.2, 0.25) is 0 Å². The number of aromatic carboxylic acids is 1. The molecule has 0 aliphatic heterocycles. The zero-order valence-electron chi connectivity index (χ0n) is 20.0. The first-order chi connectivity index (χ1) is 17.5. The standard InChI is InChI=1S/C25H22N4O6S2/c1-13-11-19(24(36-13)37(33,34)28-22-14(2)15(3)35-27-22)17-9-7-16(8-10-17)12-29-21-18(23(30)31)5-4-6-20(21)26-25(29)32/h4-11H,12H2,1-3H3,(H,26,32)(H,27,28)(H,30,31). The SMILES string of the molecule is Cc1cc(-c2ccc(Cn3c(=O)[nH]c4cccc(C(=O)O)c43)cc2)c(S(=O)(=O)Nc2noc(C)c2C)s1. The van der Waals surface area contributed by atoms with Crippen LogP contribution in [0.3, 0.4) is 0 Å². The second-order valence-electron chi connectivity index (χ2n) is 8.60. The monoisotopic (exact) mass is 538 g/mol. The van der Waals surface area contributed by atoms with E-state index in [1.54, 1.807) is 56.3 Å². The van der Waals surface area contributed by atoms with Gasteiger partial charge in [0.15, 0.2) is 5.82 Å². The number of anilines is 1. The lowest BCUT2D eigenvalue weighted by molar-refractivity contribution is 0.0698. The lowest BCUT2D eigenvalue weighted by Crippen LogP contribution is -2.18. The first-order valence-corrected chi connectivity index (χ1v) is 13.5. The van der Waals surface area contributed by atoms with Crippen molar-refractivity contribution in [3.8, 4) is 11.1 Å². The Morgan fingerprint density at radius 3 is 2.54 bits per heavy atom. The lowest BCUT2D eigenvalue weighted by atomic mass is 10.1. The number of carboxylic acids is 1. The molecule has 0 aliphatic carbocycles. The summed E-state index contributed by atoms with van der Waals surface area (Å²) in [5.41, 5.74) is 2.94. The summed E-state index contributed by atoms with van der Waals surface area (Å²) in [7, 11) is -3.93. The van der Waals surface area contributed by atoms with E-state index in [9.17, 15) is 23.1 Å². The largest absolute Gasteiger partial charge is 0.478 e. The molecule has 0 aliphatic rings. The van der Waals surface area contributed by atoms with Crippen molar-refractivity contribution >= 4 is 44.2 Å². The second-order valence-corrected chi connectivity index (χ2v) is 11.7. The second kappa shape index (κ2) is 9.05. The van der Waals surface area contributed by atoms with Crippen molar-refractivity contribution in [2.75, 3.05) is 4.72 Å². The van der Waals surface area contributed by atoms with Gasteiger partial charge in [-0.2, -0.15) is 0 Å². The molecule has 0 unspecified atom stereocenters. The maximum Gasteiger partial charge on any atom is 0.337 e. The molecule has 0 saturated carbocycles. The van der Waals surface area contributed by atoms with E-state index < -0.39 is 21.7 Å². The number of aryl methyl sites for hydroxylation is 2. The molecular formula is C25H22N4O6S2. The fraction of sp³-hybridized carbons (Fsp3) is 0.160. The van der Waals surface area contributed by atoms with Gasteiger partial charge < -0.3 is 14.6 Å². The Morgan fingerprint density at radius 1 is 1.16 bits per heavy atom. The van der Waals surface area contributed by atoms with Gasteiger partial charge in [0.1, 0.15) is 9.97 Å². The van der Waals surface area contributed by atoms with Crippen LogP contribution in [0.2, 0.25) is 0 Å². The van der Waals surface area contributed by atoms with Crippen LogP contribution in [0.1, 0.15) is 32.1 Å². The molecule has 3 heterocycles. The quantitative estimate of drug-likeness (QED) is 0.276. The number of rotatable bonds is 7. The summed E-state index contributed by atoms with van der Waals surface area (Å²) < 4.78 is 35.6. The highest BCUT2D eigenvalue weighted by atomic mass is 32.2. The third kappa shape index (κ3) is 4.45. The molecule has 190 valence electrons. The molecule has 3 N–H and O–H groups in total. The number of hydrogen-bond donors (Lipinski definition) is 3. The maximum absolute atomic E-state index is 13.2. The van der Waals surface area contributed by atoms with Crippen LogP contribution in [-0.4, -0.2) is 34.2 Å². The number of carboxylic acid groups (broad SMARTS) is 1. The zero-order chi connectivity index (χ0) is 26.5. The fourth-order valence-corrected chi connectivity index (χ4v) is 6.81. The fourth-order valence-electron chi connectivity index (χ4n) is 4.10. The molecule has 10 nitrogen and oxygen atoms in total. The summed E-state index contributed by atoms with van der Waals surface area (Å²) in [6, 6.07) is 13.6. The van der Waals surface area contributed by atoms with Crippen molar-refractivity contribution in [2.24, 2.45) is 0 Å². The number of para-hydroxylation sites is 1. The molecule has 37 heavy (non-hydrogen) atoms. The average molecular weight is 539 g/mol. The van der Waals surface area contributed by atoms with Gasteiger partial charge in [-0.25, -0.2) is 18.0 Å². The molecule has 0 saturated heterocycles. The molecule has 0 spiro atoms. The van der Waals surface area contributed by atoms with Crippen molar-refractivity contribution in [2.45, 2.75) is 31.5 Å². The van der Waals surface area contributed by atoms with Gasteiger partial charge in [-0.05, 0) is 50.1 Å². The Labute approximate surface area is 215 Å². The number of thiophene rings is 1. The number of imidazole rings is 1. The number of fused-ring (bicyclic) bond motifs is 1. The van der Waals surface area contributed by atoms with E-state index in [0.29, 0.717) is 33.5 Å². The van der Waals surface area contributed by atoms with Gasteiger partial charge in [-0.3, -0.25) is 9.29 Å². The first-order valence-electron chi connectivity index (χ1n) is 11.2. The van der Waals surface area contributed by atoms with Gasteiger partial charge in [0, 0.05) is 16.0 Å². The molecule has 0 bridgehead atoms. The molecule has 0 fully saturated rings. The molecule has 2 aromatic carbocycles. The minimum absolute atomic E-state index is 0.0288. The third-order valence-electron chi connectivity index (χ3n) is 6.08. The smallest absolute Gasteiger partial charge is 0.337 e. The Balaban J connectivity index is 1.48. The predicted octanol–water partition coefficient (Wildman–Crippen LogP) is 4.52. The summed E-state index contributed by atoms with van der Waals surface area (Å²) in [6.07, 6.45) is 0. The number of nitrogens with one attached hydrogen (secondary N) is 2. The van der Waals surface area contributed by atoms with E-state index in [4.69, 9.17) is 4.52 Å². The number of aromatic amines is 1. The summed E-state index contributed by atoms with van der Waals surface area (Å²) in [5.74, 6) is -0.449.